The highest BCUT2D eigenvalue weighted by Gasteiger charge is 2.22. The summed E-state index contributed by atoms with van der Waals surface area (Å²) in [6, 6.07) is 0. The largest absolute Gasteiger partial charge is 0.0953 e. The smallest absolute Gasteiger partial charge is 0.0102 e. The Morgan fingerprint density at radius 3 is 1.81 bits per heavy atom. The summed E-state index contributed by atoms with van der Waals surface area (Å²) in [6.45, 7) is 26.2. The summed E-state index contributed by atoms with van der Waals surface area (Å²) in [5.74, 6) is 2.24. The van der Waals surface area contributed by atoms with Gasteiger partial charge in [0.25, 0.3) is 0 Å². The Labute approximate surface area is 168 Å². The molecule has 2 atom stereocenters. The fourth-order valence-corrected chi connectivity index (χ4v) is 3.09. The van der Waals surface area contributed by atoms with E-state index in [1.165, 1.54) is 43.3 Å². The van der Waals surface area contributed by atoms with E-state index in [2.05, 4.69) is 80.2 Å². The lowest BCUT2D eigenvalue weighted by molar-refractivity contribution is 0.344. The molecular weight excluding hydrogens is 312 g/mol. The minimum atomic E-state index is 0.625. The van der Waals surface area contributed by atoms with Gasteiger partial charge >= 0.3 is 0 Å². The standard InChI is InChI=1S/C20H36.C4H10.C2H6/c1-7-12-13-16-20(19(11-5)15-9-3)17(6)18(10-4)14-8-2;1-4(2)3;1-2/h10,12-13,19-20H,6-9,11,14-16H2,1-5H3;4H,1-3H3;1-2H3/b13-12+,18-10+;;/t19?,20-;;/m1../s1. The molecule has 0 heterocycles. The van der Waals surface area contributed by atoms with Crippen molar-refractivity contribution in [3.05, 3.63) is 36.0 Å². The Bertz CT molecular complexity index is 340. The molecule has 0 spiro atoms. The summed E-state index contributed by atoms with van der Waals surface area (Å²) in [4.78, 5) is 0. The van der Waals surface area contributed by atoms with E-state index < -0.39 is 0 Å². The van der Waals surface area contributed by atoms with Crippen LogP contribution in [0.15, 0.2) is 36.0 Å². The molecule has 0 aliphatic heterocycles. The van der Waals surface area contributed by atoms with Crippen LogP contribution < -0.4 is 0 Å². The number of rotatable bonds is 11. The summed E-state index contributed by atoms with van der Waals surface area (Å²) in [5, 5.41) is 0. The van der Waals surface area contributed by atoms with Gasteiger partial charge in [0.1, 0.15) is 0 Å². The van der Waals surface area contributed by atoms with E-state index in [1.54, 1.807) is 0 Å². The maximum absolute atomic E-state index is 4.47. The highest BCUT2D eigenvalue weighted by Crippen LogP contribution is 2.35. The van der Waals surface area contributed by atoms with Gasteiger partial charge in [0, 0.05) is 0 Å². The summed E-state index contributed by atoms with van der Waals surface area (Å²) >= 11 is 0. The second kappa shape index (κ2) is 22.3. The van der Waals surface area contributed by atoms with Crippen LogP contribution >= 0.6 is 0 Å². The number of allylic oxidation sites excluding steroid dienone is 5. The molecular formula is C26H52. The first-order chi connectivity index (χ1) is 12.4. The fraction of sp³-hybridized carbons (Fsp3) is 0.769. The Morgan fingerprint density at radius 1 is 0.923 bits per heavy atom. The van der Waals surface area contributed by atoms with Crippen molar-refractivity contribution in [1.82, 2.24) is 0 Å². The minimum Gasteiger partial charge on any atom is -0.0953 e. The number of hydrogen-bond acceptors (Lipinski definition) is 0. The van der Waals surface area contributed by atoms with Gasteiger partial charge in [0.2, 0.25) is 0 Å². The molecule has 1 unspecified atom stereocenters. The lowest BCUT2D eigenvalue weighted by Gasteiger charge is -2.28. The molecule has 0 aromatic carbocycles. The molecule has 0 N–H and O–H groups in total. The predicted molar refractivity (Wildman–Crippen MR) is 126 cm³/mol. The molecule has 0 aliphatic rings. The van der Waals surface area contributed by atoms with E-state index in [1.807, 2.05) is 13.8 Å². The summed E-state index contributed by atoms with van der Waals surface area (Å²) < 4.78 is 0. The van der Waals surface area contributed by atoms with E-state index >= 15 is 0 Å². The van der Waals surface area contributed by atoms with E-state index in [0.717, 1.165) is 24.7 Å². The third-order valence-corrected chi connectivity index (χ3v) is 4.27. The first-order valence-corrected chi connectivity index (χ1v) is 11.4. The molecule has 0 heteroatoms. The lowest BCUT2D eigenvalue weighted by atomic mass is 9.76. The van der Waals surface area contributed by atoms with Gasteiger partial charge in [-0.2, -0.15) is 0 Å². The van der Waals surface area contributed by atoms with Crippen molar-refractivity contribution in [3.63, 3.8) is 0 Å². The first kappa shape index (κ1) is 30.0. The Balaban J connectivity index is -0.000000769. The van der Waals surface area contributed by atoms with Gasteiger partial charge in [-0.1, -0.05) is 113 Å². The zero-order chi connectivity index (χ0) is 21.0. The average Bonchev–Trinajstić information content (AvgIpc) is 2.62. The van der Waals surface area contributed by atoms with Gasteiger partial charge in [0.15, 0.2) is 0 Å². The van der Waals surface area contributed by atoms with Gasteiger partial charge in [0.05, 0.1) is 0 Å². The van der Waals surface area contributed by atoms with Crippen molar-refractivity contribution in [2.45, 2.75) is 114 Å². The van der Waals surface area contributed by atoms with E-state index in [9.17, 15) is 0 Å². The van der Waals surface area contributed by atoms with Gasteiger partial charge < -0.3 is 0 Å². The van der Waals surface area contributed by atoms with Crippen LogP contribution in [-0.4, -0.2) is 0 Å². The van der Waals surface area contributed by atoms with Crippen molar-refractivity contribution in [2.24, 2.45) is 17.8 Å². The molecule has 0 nitrogen and oxygen atoms in total. The first-order valence-electron chi connectivity index (χ1n) is 11.4. The molecule has 0 rings (SSSR count). The fourth-order valence-electron chi connectivity index (χ4n) is 3.09. The summed E-state index contributed by atoms with van der Waals surface area (Å²) in [5.41, 5.74) is 2.88. The Kier molecular flexibility index (Phi) is 25.7. The lowest BCUT2D eigenvalue weighted by Crippen LogP contribution is -2.17. The van der Waals surface area contributed by atoms with Crippen LogP contribution in [0.4, 0.5) is 0 Å². The van der Waals surface area contributed by atoms with Gasteiger partial charge in [-0.25, -0.2) is 0 Å². The maximum atomic E-state index is 4.47. The van der Waals surface area contributed by atoms with E-state index in [4.69, 9.17) is 0 Å². The zero-order valence-electron chi connectivity index (χ0n) is 20.1. The molecule has 0 amide bonds. The molecule has 0 aliphatic carbocycles. The van der Waals surface area contributed by atoms with E-state index in [-0.39, 0.29) is 0 Å². The molecule has 26 heavy (non-hydrogen) atoms. The van der Waals surface area contributed by atoms with Crippen molar-refractivity contribution < 1.29 is 0 Å². The van der Waals surface area contributed by atoms with E-state index in [0.29, 0.717) is 5.92 Å². The van der Waals surface area contributed by atoms with Gasteiger partial charge in [-0.05, 0) is 55.1 Å². The average molecular weight is 365 g/mol. The van der Waals surface area contributed by atoms with Crippen LogP contribution in [0.3, 0.4) is 0 Å². The van der Waals surface area contributed by atoms with Crippen molar-refractivity contribution in [3.8, 4) is 0 Å². The second-order valence-corrected chi connectivity index (χ2v) is 7.50. The number of hydrogen-bond donors (Lipinski definition) is 0. The Morgan fingerprint density at radius 2 is 1.46 bits per heavy atom. The van der Waals surface area contributed by atoms with Gasteiger partial charge in [-0.15, -0.1) is 0 Å². The molecule has 0 bridgehead atoms. The predicted octanol–water partition coefficient (Wildman–Crippen LogP) is 9.78. The third kappa shape index (κ3) is 16.7. The van der Waals surface area contributed by atoms with Crippen molar-refractivity contribution >= 4 is 0 Å². The quantitative estimate of drug-likeness (QED) is 0.253. The van der Waals surface area contributed by atoms with Crippen LogP contribution in [0, 0.1) is 17.8 Å². The van der Waals surface area contributed by atoms with Crippen LogP contribution in [0.1, 0.15) is 114 Å². The van der Waals surface area contributed by atoms with Gasteiger partial charge in [-0.3, -0.25) is 0 Å². The maximum Gasteiger partial charge on any atom is -0.0102 e. The molecule has 0 aromatic rings. The summed E-state index contributed by atoms with van der Waals surface area (Å²) in [6.07, 6.45) is 15.5. The van der Waals surface area contributed by atoms with Crippen LogP contribution in [0.2, 0.25) is 0 Å². The SMILES string of the molecule is C=C(/C(=C/C)CCC)[C@@H](C/C=C/CC)C(CC)CCC.CC.CC(C)C. The minimum absolute atomic E-state index is 0.625. The summed E-state index contributed by atoms with van der Waals surface area (Å²) in [7, 11) is 0. The third-order valence-electron chi connectivity index (χ3n) is 4.27. The van der Waals surface area contributed by atoms with Crippen LogP contribution in [0.5, 0.6) is 0 Å². The molecule has 0 saturated heterocycles. The topological polar surface area (TPSA) is 0 Å². The molecule has 0 fully saturated rings. The second-order valence-electron chi connectivity index (χ2n) is 7.50. The van der Waals surface area contributed by atoms with Crippen LogP contribution in [-0.2, 0) is 0 Å². The zero-order valence-corrected chi connectivity index (χ0v) is 20.1. The normalized spacial score (nSPS) is 13.6. The molecule has 156 valence electrons. The monoisotopic (exact) mass is 364 g/mol. The van der Waals surface area contributed by atoms with Crippen molar-refractivity contribution in [2.75, 3.05) is 0 Å². The highest BCUT2D eigenvalue weighted by molar-refractivity contribution is 5.31. The highest BCUT2D eigenvalue weighted by atomic mass is 14.3. The molecule has 0 radical (unpaired) electrons. The van der Waals surface area contributed by atoms with Crippen molar-refractivity contribution in [1.29, 1.82) is 0 Å². The van der Waals surface area contributed by atoms with Crippen LogP contribution in [0.25, 0.3) is 0 Å². The Hall–Kier alpha value is -0.780. The molecule has 0 saturated carbocycles. The molecule has 0 aromatic heterocycles.